The van der Waals surface area contributed by atoms with E-state index in [0.717, 1.165) is 51.7 Å². The Kier molecular flexibility index (Phi) is 10.9. The summed E-state index contributed by atoms with van der Waals surface area (Å²) >= 11 is 0. The summed E-state index contributed by atoms with van der Waals surface area (Å²) in [6, 6.07) is 8.66. The first-order valence-corrected chi connectivity index (χ1v) is 8.89. The Balaban J connectivity index is 2.32. The number of ether oxygens (including phenoxy) is 1. The van der Waals surface area contributed by atoms with Crippen LogP contribution in [0.4, 0.5) is 0 Å². The topological polar surface area (TPSA) is 52.1 Å². The molecule has 0 aliphatic carbocycles. The summed E-state index contributed by atoms with van der Waals surface area (Å²) in [6.45, 7) is 5.42. The molecule has 1 rings (SSSR count). The predicted molar refractivity (Wildman–Crippen MR) is 106 cm³/mol. The molecule has 6 nitrogen and oxygen atoms in total. The van der Waals surface area contributed by atoms with E-state index in [-0.39, 0.29) is 0 Å². The molecule has 0 aliphatic rings. The number of benzene rings is 1. The average Bonchev–Trinajstić information content (AvgIpc) is 2.58. The lowest BCUT2D eigenvalue weighted by Gasteiger charge is -2.18. The molecule has 0 saturated carbocycles. The van der Waals surface area contributed by atoms with Gasteiger partial charge in [0.1, 0.15) is 0 Å². The van der Waals surface area contributed by atoms with Crippen LogP contribution in [0.15, 0.2) is 29.3 Å². The van der Waals surface area contributed by atoms with Crippen LogP contribution in [0.2, 0.25) is 0 Å². The quantitative estimate of drug-likeness (QED) is 0.359. The highest BCUT2D eigenvalue weighted by atomic mass is 16.5. The highest BCUT2D eigenvalue weighted by Crippen LogP contribution is 2.06. The van der Waals surface area contributed by atoms with Crippen LogP contribution in [0, 0.1) is 0 Å². The lowest BCUT2D eigenvalue weighted by atomic mass is 10.1. The van der Waals surface area contributed by atoms with E-state index in [1.807, 2.05) is 0 Å². The van der Waals surface area contributed by atoms with Gasteiger partial charge in [-0.25, -0.2) is 0 Å². The van der Waals surface area contributed by atoms with Gasteiger partial charge in [-0.15, -0.1) is 0 Å². The summed E-state index contributed by atoms with van der Waals surface area (Å²) in [7, 11) is 9.85. The van der Waals surface area contributed by atoms with Crippen LogP contribution in [0.25, 0.3) is 0 Å². The molecule has 6 heteroatoms. The molecule has 0 heterocycles. The molecule has 0 amide bonds. The van der Waals surface area contributed by atoms with Gasteiger partial charge in [0.05, 0.1) is 0 Å². The van der Waals surface area contributed by atoms with E-state index in [9.17, 15) is 0 Å². The van der Waals surface area contributed by atoms with Gasteiger partial charge in [0.15, 0.2) is 5.96 Å². The Morgan fingerprint density at radius 2 is 1.88 bits per heavy atom. The van der Waals surface area contributed by atoms with Crippen LogP contribution in [-0.2, 0) is 17.8 Å². The van der Waals surface area contributed by atoms with Gasteiger partial charge in [-0.05, 0) is 38.7 Å². The molecule has 0 radical (unpaired) electrons. The van der Waals surface area contributed by atoms with Crippen molar-refractivity contribution in [3.63, 3.8) is 0 Å². The van der Waals surface area contributed by atoms with Crippen LogP contribution < -0.4 is 10.6 Å². The molecule has 142 valence electrons. The Bertz CT molecular complexity index is 504. The molecule has 1 aromatic carbocycles. The number of hydrogen-bond acceptors (Lipinski definition) is 4. The lowest BCUT2D eigenvalue weighted by molar-refractivity contribution is 0.180. The number of nitrogens with one attached hydrogen (secondary N) is 2. The minimum atomic E-state index is 0.768. The van der Waals surface area contributed by atoms with Gasteiger partial charge in [0, 0.05) is 53.5 Å². The third-order valence-corrected chi connectivity index (χ3v) is 3.85. The summed E-state index contributed by atoms with van der Waals surface area (Å²) in [5.41, 5.74) is 2.59. The largest absolute Gasteiger partial charge is 0.385 e. The van der Waals surface area contributed by atoms with E-state index in [4.69, 9.17) is 4.74 Å². The third-order valence-electron chi connectivity index (χ3n) is 3.85. The molecule has 0 unspecified atom stereocenters. The van der Waals surface area contributed by atoms with Crippen molar-refractivity contribution in [2.45, 2.75) is 19.5 Å². The van der Waals surface area contributed by atoms with Gasteiger partial charge in [-0.2, -0.15) is 0 Å². The Hall–Kier alpha value is -1.63. The second-order valence-electron chi connectivity index (χ2n) is 6.56. The van der Waals surface area contributed by atoms with Crippen molar-refractivity contribution in [2.24, 2.45) is 4.99 Å². The fourth-order valence-electron chi connectivity index (χ4n) is 2.57. The number of methoxy groups -OCH3 is 1. The maximum absolute atomic E-state index is 5.08. The zero-order chi connectivity index (χ0) is 18.5. The minimum absolute atomic E-state index is 0.768. The first-order valence-electron chi connectivity index (χ1n) is 8.89. The second kappa shape index (κ2) is 12.7. The standard InChI is InChI=1S/C19H35N5O/c1-20-19(21-10-12-24(4)11-7-13-25-5)22-15-17-8-6-9-18(14-17)16-23(2)3/h6,8-9,14H,7,10-13,15-16H2,1-5H3,(H2,20,21,22). The van der Waals surface area contributed by atoms with Crippen LogP contribution in [0.3, 0.4) is 0 Å². The number of rotatable bonds is 11. The Morgan fingerprint density at radius 1 is 1.12 bits per heavy atom. The molecule has 0 spiro atoms. The number of nitrogens with zero attached hydrogens (tertiary/aromatic N) is 3. The van der Waals surface area contributed by atoms with Crippen LogP contribution in [0.1, 0.15) is 17.5 Å². The Morgan fingerprint density at radius 3 is 2.56 bits per heavy atom. The summed E-state index contributed by atoms with van der Waals surface area (Å²) in [4.78, 5) is 8.77. The van der Waals surface area contributed by atoms with Gasteiger partial charge in [0.2, 0.25) is 0 Å². The van der Waals surface area contributed by atoms with Crippen LogP contribution in [-0.4, -0.2) is 77.3 Å². The third kappa shape index (κ3) is 10.1. The summed E-state index contributed by atoms with van der Waals surface area (Å²) in [5.74, 6) is 0.836. The van der Waals surface area contributed by atoms with Crippen molar-refractivity contribution in [1.29, 1.82) is 0 Å². The first kappa shape index (κ1) is 21.4. The van der Waals surface area contributed by atoms with Gasteiger partial charge in [0.25, 0.3) is 0 Å². The zero-order valence-corrected chi connectivity index (χ0v) is 16.5. The molecule has 25 heavy (non-hydrogen) atoms. The van der Waals surface area contributed by atoms with Crippen LogP contribution in [0.5, 0.6) is 0 Å². The zero-order valence-electron chi connectivity index (χ0n) is 16.5. The van der Waals surface area contributed by atoms with E-state index in [1.54, 1.807) is 14.2 Å². The van der Waals surface area contributed by atoms with E-state index < -0.39 is 0 Å². The maximum Gasteiger partial charge on any atom is 0.191 e. The normalized spacial score (nSPS) is 12.0. The van der Waals surface area contributed by atoms with Gasteiger partial charge in [-0.3, -0.25) is 4.99 Å². The molecule has 0 aromatic heterocycles. The van der Waals surface area contributed by atoms with Gasteiger partial charge < -0.3 is 25.2 Å². The second-order valence-corrected chi connectivity index (χ2v) is 6.56. The van der Waals surface area contributed by atoms with E-state index in [2.05, 4.69) is 70.8 Å². The van der Waals surface area contributed by atoms with Crippen molar-refractivity contribution in [3.8, 4) is 0 Å². The van der Waals surface area contributed by atoms with Gasteiger partial charge >= 0.3 is 0 Å². The summed E-state index contributed by atoms with van der Waals surface area (Å²) in [5, 5.41) is 6.74. The lowest BCUT2D eigenvalue weighted by Crippen LogP contribution is -2.40. The average molecular weight is 350 g/mol. The predicted octanol–water partition coefficient (Wildman–Crippen LogP) is 1.38. The van der Waals surface area contributed by atoms with Crippen molar-refractivity contribution < 1.29 is 4.74 Å². The van der Waals surface area contributed by atoms with Crippen molar-refractivity contribution >= 4 is 5.96 Å². The molecule has 0 fully saturated rings. The monoisotopic (exact) mass is 349 g/mol. The highest BCUT2D eigenvalue weighted by Gasteiger charge is 2.02. The highest BCUT2D eigenvalue weighted by molar-refractivity contribution is 5.79. The number of hydrogen-bond donors (Lipinski definition) is 2. The fourth-order valence-corrected chi connectivity index (χ4v) is 2.57. The van der Waals surface area contributed by atoms with Crippen molar-refractivity contribution in [2.75, 3.05) is 61.5 Å². The molecule has 2 N–H and O–H groups in total. The number of likely N-dealkylation sites (N-methyl/N-ethyl adjacent to an activating group) is 1. The maximum atomic E-state index is 5.08. The smallest absolute Gasteiger partial charge is 0.191 e. The van der Waals surface area contributed by atoms with E-state index >= 15 is 0 Å². The fraction of sp³-hybridized carbons (Fsp3) is 0.632. The summed E-state index contributed by atoms with van der Waals surface area (Å²) in [6.07, 6.45) is 1.06. The number of guanidine groups is 1. The Labute approximate surface area is 153 Å². The van der Waals surface area contributed by atoms with E-state index in [0.29, 0.717) is 0 Å². The molecule has 1 aromatic rings. The first-order chi connectivity index (χ1) is 12.0. The minimum Gasteiger partial charge on any atom is -0.385 e. The van der Waals surface area contributed by atoms with Gasteiger partial charge in [-0.1, -0.05) is 24.3 Å². The SMILES string of the molecule is CN=C(NCCN(C)CCCOC)NCc1cccc(CN(C)C)c1. The van der Waals surface area contributed by atoms with Crippen molar-refractivity contribution in [3.05, 3.63) is 35.4 Å². The molecule has 0 saturated heterocycles. The molecule has 0 atom stereocenters. The molecule has 0 aliphatic heterocycles. The molecular formula is C19H35N5O. The van der Waals surface area contributed by atoms with Crippen molar-refractivity contribution in [1.82, 2.24) is 20.4 Å². The molecule has 0 bridgehead atoms. The summed E-state index contributed by atoms with van der Waals surface area (Å²) < 4.78 is 5.08. The van der Waals surface area contributed by atoms with E-state index in [1.165, 1.54) is 11.1 Å². The molecular weight excluding hydrogens is 314 g/mol. The van der Waals surface area contributed by atoms with Crippen LogP contribution >= 0.6 is 0 Å². The number of aliphatic imine (C=N–C) groups is 1.